The monoisotopic (exact) mass is 622 g/mol. The number of anilines is 1. The summed E-state index contributed by atoms with van der Waals surface area (Å²) in [6, 6.07) is 15.1. The van der Waals surface area contributed by atoms with Crippen LogP contribution in [-0.2, 0) is 21.4 Å². The number of hydrogen-bond donors (Lipinski definition) is 1. The summed E-state index contributed by atoms with van der Waals surface area (Å²) in [5.41, 5.74) is 8.05. The van der Waals surface area contributed by atoms with E-state index in [1.807, 2.05) is 11.0 Å². The summed E-state index contributed by atoms with van der Waals surface area (Å²) in [5, 5.41) is 4.24. The van der Waals surface area contributed by atoms with Gasteiger partial charge in [-0.1, -0.05) is 31.4 Å². The van der Waals surface area contributed by atoms with Crippen molar-refractivity contribution in [3.05, 3.63) is 71.5 Å². The molecule has 242 valence electrons. The molecule has 3 fully saturated rings. The Morgan fingerprint density at radius 3 is 2.50 bits per heavy atom. The van der Waals surface area contributed by atoms with Gasteiger partial charge < -0.3 is 24.3 Å². The van der Waals surface area contributed by atoms with Crippen molar-refractivity contribution >= 4 is 28.4 Å². The molecular formula is C38H46N4O4. The van der Waals surface area contributed by atoms with Gasteiger partial charge in [-0.25, -0.2) is 0 Å². The molecule has 4 aliphatic rings. The lowest BCUT2D eigenvalue weighted by Crippen LogP contribution is -2.46. The third kappa shape index (κ3) is 6.25. The molecule has 0 bridgehead atoms. The van der Waals surface area contributed by atoms with Gasteiger partial charge in [-0.05, 0) is 90.8 Å². The van der Waals surface area contributed by atoms with Crippen molar-refractivity contribution in [3.63, 3.8) is 0 Å². The Balaban J connectivity index is 1.15. The maximum atomic E-state index is 12.5. The molecule has 1 saturated carbocycles. The summed E-state index contributed by atoms with van der Waals surface area (Å²) in [6.45, 7) is 6.14. The van der Waals surface area contributed by atoms with Gasteiger partial charge in [-0.3, -0.25) is 14.5 Å². The fourth-order valence-electron chi connectivity index (χ4n) is 8.02. The number of benzene rings is 2. The average Bonchev–Trinajstić information content (AvgIpc) is 3.64. The number of allylic oxidation sites excluding steroid dienone is 1. The van der Waals surface area contributed by atoms with E-state index >= 15 is 0 Å². The van der Waals surface area contributed by atoms with Gasteiger partial charge in [0.15, 0.2) is 0 Å². The SMILES string of the molecule is CC(=O)Nc1ccc2c(C3CCCCC3)c(-c3ccc(OCC4=CC(N5CCCC5=O)=CCC4N4CCOCC4)cc3)n(C)c2c1. The van der Waals surface area contributed by atoms with Gasteiger partial charge in [-0.15, -0.1) is 0 Å². The van der Waals surface area contributed by atoms with E-state index in [0.717, 1.165) is 68.3 Å². The smallest absolute Gasteiger partial charge is 0.227 e. The lowest BCUT2D eigenvalue weighted by molar-refractivity contribution is -0.125. The minimum atomic E-state index is -0.0612. The van der Waals surface area contributed by atoms with Gasteiger partial charge in [0.25, 0.3) is 0 Å². The molecule has 1 N–H and O–H groups in total. The average molecular weight is 623 g/mol. The van der Waals surface area contributed by atoms with E-state index in [4.69, 9.17) is 9.47 Å². The Morgan fingerprint density at radius 2 is 1.78 bits per heavy atom. The van der Waals surface area contributed by atoms with Crippen LogP contribution in [0.25, 0.3) is 22.2 Å². The zero-order chi connectivity index (χ0) is 31.6. The third-order valence-electron chi connectivity index (χ3n) is 10.3. The number of fused-ring (bicyclic) bond motifs is 1. The minimum absolute atomic E-state index is 0.0612. The number of carbonyl (C=O) groups is 2. The summed E-state index contributed by atoms with van der Waals surface area (Å²) in [5.74, 6) is 1.52. The molecule has 1 unspecified atom stereocenters. The van der Waals surface area contributed by atoms with Crippen molar-refractivity contribution < 1.29 is 19.1 Å². The molecule has 3 heterocycles. The molecule has 2 aromatic carbocycles. The lowest BCUT2D eigenvalue weighted by atomic mass is 9.82. The van der Waals surface area contributed by atoms with Crippen molar-refractivity contribution in [2.24, 2.45) is 7.05 Å². The number of morpholine rings is 1. The molecule has 2 amide bonds. The number of ether oxygens (including phenoxy) is 2. The molecule has 0 radical (unpaired) electrons. The fraction of sp³-hybridized carbons (Fsp3) is 0.474. The number of likely N-dealkylation sites (tertiary alicyclic amines) is 1. The summed E-state index contributed by atoms with van der Waals surface area (Å²) in [7, 11) is 2.14. The van der Waals surface area contributed by atoms with Crippen molar-refractivity contribution in [2.45, 2.75) is 70.3 Å². The molecule has 8 heteroatoms. The van der Waals surface area contributed by atoms with Crippen LogP contribution in [-0.4, -0.2) is 71.7 Å². The molecule has 2 aliphatic carbocycles. The Kier molecular flexibility index (Phi) is 9.00. The first-order chi connectivity index (χ1) is 22.5. The van der Waals surface area contributed by atoms with E-state index in [1.54, 1.807) is 6.92 Å². The standard InChI is InChI=1S/C38H46N4O4/c1-26(43)39-30-12-16-33-35(24-30)40(2)38(37(33)27-7-4-3-5-8-27)28-10-14-32(15-11-28)46-25-29-23-31(42-18-6-9-36(42)44)13-17-34(29)41-19-21-45-22-20-41/h10-16,23-24,27,34H,3-9,17-22,25H2,1-2H3,(H,39,43). The Labute approximate surface area is 272 Å². The van der Waals surface area contributed by atoms with Gasteiger partial charge in [0.05, 0.1) is 24.4 Å². The number of hydrogen-bond acceptors (Lipinski definition) is 5. The van der Waals surface area contributed by atoms with Crippen molar-refractivity contribution in [3.8, 4) is 17.0 Å². The van der Waals surface area contributed by atoms with Crippen molar-refractivity contribution in [1.29, 1.82) is 0 Å². The van der Waals surface area contributed by atoms with Crippen LogP contribution in [0.3, 0.4) is 0 Å². The van der Waals surface area contributed by atoms with Gasteiger partial charge in [0, 0.05) is 62.8 Å². The normalized spacial score (nSPS) is 21.4. The van der Waals surface area contributed by atoms with E-state index in [1.165, 1.54) is 59.9 Å². The highest BCUT2D eigenvalue weighted by Crippen LogP contribution is 2.44. The van der Waals surface area contributed by atoms with E-state index in [9.17, 15) is 9.59 Å². The van der Waals surface area contributed by atoms with Gasteiger partial charge in [0.2, 0.25) is 11.8 Å². The Morgan fingerprint density at radius 1 is 1.00 bits per heavy atom. The second-order valence-corrected chi connectivity index (χ2v) is 13.3. The summed E-state index contributed by atoms with van der Waals surface area (Å²) >= 11 is 0. The largest absolute Gasteiger partial charge is 0.489 e. The molecular weight excluding hydrogens is 576 g/mol. The second-order valence-electron chi connectivity index (χ2n) is 13.3. The Bertz CT molecular complexity index is 1660. The van der Waals surface area contributed by atoms with Crippen LogP contribution in [0, 0.1) is 0 Å². The predicted molar refractivity (Wildman–Crippen MR) is 182 cm³/mol. The van der Waals surface area contributed by atoms with Crippen LogP contribution < -0.4 is 10.1 Å². The molecule has 0 spiro atoms. The molecule has 1 aromatic heterocycles. The molecule has 2 saturated heterocycles. The van der Waals surface area contributed by atoms with E-state index < -0.39 is 0 Å². The quantitative estimate of drug-likeness (QED) is 0.300. The first kappa shape index (κ1) is 30.8. The van der Waals surface area contributed by atoms with Crippen LogP contribution in [0.1, 0.15) is 69.8 Å². The number of nitrogens with zero attached hydrogens (tertiary/aromatic N) is 3. The number of nitrogens with one attached hydrogen (secondary N) is 1. The lowest BCUT2D eigenvalue weighted by Gasteiger charge is -2.37. The molecule has 46 heavy (non-hydrogen) atoms. The minimum Gasteiger partial charge on any atom is -0.489 e. The zero-order valence-corrected chi connectivity index (χ0v) is 27.2. The first-order valence-electron chi connectivity index (χ1n) is 17.1. The number of amides is 2. The molecule has 3 aromatic rings. The van der Waals surface area contributed by atoms with E-state index in [-0.39, 0.29) is 17.9 Å². The van der Waals surface area contributed by atoms with Crippen LogP contribution in [0.5, 0.6) is 5.75 Å². The summed E-state index contributed by atoms with van der Waals surface area (Å²) in [4.78, 5) is 28.8. The third-order valence-corrected chi connectivity index (χ3v) is 10.3. The predicted octanol–water partition coefficient (Wildman–Crippen LogP) is 6.77. The van der Waals surface area contributed by atoms with Gasteiger partial charge in [-0.2, -0.15) is 0 Å². The van der Waals surface area contributed by atoms with Crippen LogP contribution in [0.2, 0.25) is 0 Å². The molecule has 1 atom stereocenters. The van der Waals surface area contributed by atoms with Gasteiger partial charge in [0.1, 0.15) is 12.4 Å². The topological polar surface area (TPSA) is 76.0 Å². The second kappa shape index (κ2) is 13.5. The highest BCUT2D eigenvalue weighted by molar-refractivity contribution is 5.97. The van der Waals surface area contributed by atoms with E-state index in [2.05, 4.69) is 70.4 Å². The van der Waals surface area contributed by atoms with Crippen LogP contribution in [0.4, 0.5) is 5.69 Å². The van der Waals surface area contributed by atoms with Crippen LogP contribution >= 0.6 is 0 Å². The number of rotatable bonds is 8. The first-order valence-corrected chi connectivity index (χ1v) is 17.1. The number of aryl methyl sites for hydroxylation is 1. The number of aromatic nitrogens is 1. The van der Waals surface area contributed by atoms with Crippen molar-refractivity contribution in [1.82, 2.24) is 14.4 Å². The zero-order valence-electron chi connectivity index (χ0n) is 27.2. The fourth-order valence-corrected chi connectivity index (χ4v) is 8.02. The molecule has 7 rings (SSSR count). The molecule has 8 nitrogen and oxygen atoms in total. The highest BCUT2D eigenvalue weighted by Gasteiger charge is 2.31. The summed E-state index contributed by atoms with van der Waals surface area (Å²) < 4.78 is 14.4. The maximum Gasteiger partial charge on any atom is 0.227 e. The number of carbonyl (C=O) groups excluding carboxylic acids is 2. The summed E-state index contributed by atoms with van der Waals surface area (Å²) in [6.07, 6.45) is 13.1. The maximum absolute atomic E-state index is 12.5. The van der Waals surface area contributed by atoms with Crippen molar-refractivity contribution in [2.75, 3.05) is 44.8 Å². The van der Waals surface area contributed by atoms with Gasteiger partial charge >= 0.3 is 0 Å². The Hall–Kier alpha value is -3.88. The van der Waals surface area contributed by atoms with Crippen LogP contribution in [0.15, 0.2) is 65.9 Å². The molecule has 2 aliphatic heterocycles. The van der Waals surface area contributed by atoms with E-state index in [0.29, 0.717) is 18.9 Å². The highest BCUT2D eigenvalue weighted by atomic mass is 16.5.